The van der Waals surface area contributed by atoms with Crippen molar-refractivity contribution in [2.75, 3.05) is 6.01 Å². The molecule has 0 radical (unpaired) electrons. The molecule has 4 aliphatic rings. The minimum atomic E-state index is -2.36. The van der Waals surface area contributed by atoms with Gasteiger partial charge in [0.1, 0.15) is 23.5 Å². The number of carbonyl (C=O) groups is 3. The van der Waals surface area contributed by atoms with Gasteiger partial charge in [0.15, 0.2) is 17.1 Å². The van der Waals surface area contributed by atoms with Crippen molar-refractivity contribution in [2.24, 2.45) is 28.6 Å². The number of allylic oxidation sites excluding steroid dienone is 4. The SMILES string of the molecule is Cc1noc(C)c1C(=O)O[C@]1(C(=O)SCF)[C@H](C)C[C@H]2[C@@H]3C[C@H](F)C4=CC(=O)C=C[C@]4(C)[C@@]3(F)[C@@H](O)C[C@@]21C. The number of nitrogens with zero attached hydrogens (tertiary/aromatic N) is 1. The van der Waals surface area contributed by atoms with Gasteiger partial charge >= 0.3 is 5.97 Å². The maximum atomic E-state index is 17.5. The number of rotatable bonds is 4. The number of carbonyl (C=O) groups excluding carboxylic acids is 3. The molecule has 3 saturated carbocycles. The Bertz CT molecular complexity index is 1290. The molecule has 0 aromatic carbocycles. The number of ether oxygens (including phenoxy) is 1. The van der Waals surface area contributed by atoms with E-state index in [0.29, 0.717) is 11.8 Å². The van der Waals surface area contributed by atoms with E-state index >= 15 is 8.78 Å². The number of ketones is 1. The lowest BCUT2D eigenvalue weighted by Crippen LogP contribution is -2.70. The first-order valence-corrected chi connectivity index (χ1v) is 14.0. The summed E-state index contributed by atoms with van der Waals surface area (Å²) in [5.41, 5.74) is -6.98. The first-order valence-electron chi connectivity index (χ1n) is 13.0. The molecule has 0 bridgehead atoms. The van der Waals surface area contributed by atoms with Gasteiger partial charge in [0.2, 0.25) is 5.12 Å². The second-order valence-electron chi connectivity index (χ2n) is 11.9. The van der Waals surface area contributed by atoms with E-state index in [4.69, 9.17) is 9.26 Å². The average molecular weight is 568 g/mol. The Kier molecular flexibility index (Phi) is 6.53. The van der Waals surface area contributed by atoms with Crippen molar-refractivity contribution in [1.29, 1.82) is 0 Å². The fourth-order valence-corrected chi connectivity index (χ4v) is 9.14. The first kappa shape index (κ1) is 28.1. The van der Waals surface area contributed by atoms with Crippen LogP contribution in [0.25, 0.3) is 0 Å². The highest BCUT2D eigenvalue weighted by Crippen LogP contribution is 2.72. The topological polar surface area (TPSA) is 107 Å². The lowest BCUT2D eigenvalue weighted by atomic mass is 9.44. The lowest BCUT2D eigenvalue weighted by molar-refractivity contribution is -0.221. The van der Waals surface area contributed by atoms with Crippen LogP contribution in [0.3, 0.4) is 0 Å². The predicted molar refractivity (Wildman–Crippen MR) is 136 cm³/mol. The Hall–Kier alpha value is -2.40. The van der Waals surface area contributed by atoms with E-state index in [1.807, 2.05) is 0 Å². The molecule has 0 saturated heterocycles. The van der Waals surface area contributed by atoms with Crippen molar-refractivity contribution < 1.29 is 41.9 Å². The van der Waals surface area contributed by atoms with Gasteiger partial charge in [-0.2, -0.15) is 0 Å². The highest BCUT2D eigenvalue weighted by atomic mass is 32.2. The fraction of sp³-hybridized carbons (Fsp3) is 0.643. The van der Waals surface area contributed by atoms with E-state index in [0.717, 1.165) is 6.08 Å². The quantitative estimate of drug-likeness (QED) is 0.510. The molecular formula is C28H32F3NO6S. The minimum Gasteiger partial charge on any atom is -0.445 e. The van der Waals surface area contributed by atoms with Gasteiger partial charge in [-0.1, -0.05) is 25.1 Å². The van der Waals surface area contributed by atoms with Gasteiger partial charge in [0, 0.05) is 22.7 Å². The summed E-state index contributed by atoms with van der Waals surface area (Å²) in [6.45, 7) is 7.86. The Morgan fingerprint density at radius 3 is 2.56 bits per heavy atom. The Morgan fingerprint density at radius 2 is 1.95 bits per heavy atom. The molecule has 0 amide bonds. The standard InChI is InChI=1S/C28H32F3NO6S/c1-13-8-17-18-10-20(30)19-9-16(33)6-7-25(19,4)27(18,31)21(34)11-26(17,5)28(13,24(36)39-12-29)37-23(35)22-14(2)32-38-15(22)3/h6-7,9,13,17-18,20-21,34H,8,10-12H2,1-5H3/t13-,17+,18+,20+,21+,25+,26+,27+,28+/m1/s1. The largest absolute Gasteiger partial charge is 0.445 e. The minimum absolute atomic E-state index is 0.0115. The fourth-order valence-electron chi connectivity index (χ4n) is 8.35. The van der Waals surface area contributed by atoms with Crippen molar-refractivity contribution in [3.05, 3.63) is 40.8 Å². The molecule has 212 valence electrons. The summed E-state index contributed by atoms with van der Waals surface area (Å²) in [5.74, 6) is -3.65. The van der Waals surface area contributed by atoms with Gasteiger partial charge in [-0.05, 0) is 75.4 Å². The van der Waals surface area contributed by atoms with E-state index in [1.54, 1.807) is 20.8 Å². The van der Waals surface area contributed by atoms with Crippen LogP contribution in [0.4, 0.5) is 13.2 Å². The highest BCUT2D eigenvalue weighted by Gasteiger charge is 2.78. The normalized spacial score (nSPS) is 42.8. The summed E-state index contributed by atoms with van der Waals surface area (Å²) < 4.78 is 57.9. The van der Waals surface area contributed by atoms with Gasteiger partial charge in [-0.25, -0.2) is 18.0 Å². The molecule has 5 rings (SSSR count). The molecular weight excluding hydrogens is 535 g/mol. The summed E-state index contributed by atoms with van der Waals surface area (Å²) in [6.07, 6.45) is -0.163. The zero-order valence-electron chi connectivity index (χ0n) is 22.4. The van der Waals surface area contributed by atoms with E-state index < -0.39 is 75.0 Å². The number of fused-ring (bicyclic) bond motifs is 5. The molecule has 39 heavy (non-hydrogen) atoms. The molecule has 4 aliphatic carbocycles. The average Bonchev–Trinajstić information content (AvgIpc) is 3.31. The summed E-state index contributed by atoms with van der Waals surface area (Å²) in [6, 6.07) is -1.08. The van der Waals surface area contributed by atoms with Crippen LogP contribution in [0.15, 0.2) is 28.3 Å². The van der Waals surface area contributed by atoms with E-state index in [9.17, 15) is 23.9 Å². The molecule has 7 nitrogen and oxygen atoms in total. The Labute approximate surface area is 228 Å². The van der Waals surface area contributed by atoms with Crippen LogP contribution in [0.5, 0.6) is 0 Å². The maximum absolute atomic E-state index is 17.5. The third-order valence-corrected chi connectivity index (χ3v) is 10.8. The van der Waals surface area contributed by atoms with Crippen LogP contribution in [-0.2, 0) is 14.3 Å². The smallest absolute Gasteiger partial charge is 0.344 e. The summed E-state index contributed by atoms with van der Waals surface area (Å²) in [7, 11) is 0. The predicted octanol–water partition coefficient (Wildman–Crippen LogP) is 4.94. The van der Waals surface area contributed by atoms with Crippen LogP contribution in [0.2, 0.25) is 0 Å². The van der Waals surface area contributed by atoms with Crippen molar-refractivity contribution in [3.63, 3.8) is 0 Å². The number of aliphatic hydroxyl groups excluding tert-OH is 1. The summed E-state index contributed by atoms with van der Waals surface area (Å²) in [5, 5.41) is 14.6. The molecule has 1 aromatic heterocycles. The molecule has 1 N–H and O–H groups in total. The molecule has 0 spiro atoms. The molecule has 11 heteroatoms. The van der Waals surface area contributed by atoms with Crippen LogP contribution >= 0.6 is 11.8 Å². The number of hydrogen-bond acceptors (Lipinski definition) is 8. The molecule has 0 unspecified atom stereocenters. The van der Waals surface area contributed by atoms with Crippen molar-refractivity contribution in [2.45, 2.75) is 77.4 Å². The molecule has 3 fully saturated rings. The number of aryl methyl sites for hydroxylation is 2. The van der Waals surface area contributed by atoms with Gasteiger partial charge in [-0.15, -0.1) is 0 Å². The third-order valence-electron chi connectivity index (χ3n) is 10.1. The monoisotopic (exact) mass is 567 g/mol. The molecule has 1 heterocycles. The number of hydrogen-bond donors (Lipinski definition) is 1. The first-order chi connectivity index (χ1) is 18.2. The number of thioether (sulfide) groups is 1. The maximum Gasteiger partial charge on any atom is 0.344 e. The van der Waals surface area contributed by atoms with Crippen molar-refractivity contribution >= 4 is 28.6 Å². The van der Waals surface area contributed by atoms with Crippen LogP contribution < -0.4 is 0 Å². The third kappa shape index (κ3) is 3.47. The molecule has 1 aromatic rings. The van der Waals surface area contributed by atoms with E-state index in [1.165, 1.54) is 26.0 Å². The van der Waals surface area contributed by atoms with Crippen molar-refractivity contribution in [3.8, 4) is 0 Å². The summed E-state index contributed by atoms with van der Waals surface area (Å²) in [4.78, 5) is 39.3. The Balaban J connectivity index is 1.64. The number of esters is 1. The second-order valence-corrected chi connectivity index (χ2v) is 12.7. The molecule has 0 aliphatic heterocycles. The molecule has 9 atom stereocenters. The van der Waals surface area contributed by atoms with E-state index in [2.05, 4.69) is 5.16 Å². The number of alkyl halides is 3. The highest BCUT2D eigenvalue weighted by molar-refractivity contribution is 8.13. The van der Waals surface area contributed by atoms with Crippen molar-refractivity contribution in [1.82, 2.24) is 5.16 Å². The van der Waals surface area contributed by atoms with Gasteiger partial charge in [0.25, 0.3) is 0 Å². The zero-order valence-corrected chi connectivity index (χ0v) is 23.2. The van der Waals surface area contributed by atoms with Gasteiger partial charge in [-0.3, -0.25) is 9.59 Å². The van der Waals surface area contributed by atoms with Gasteiger partial charge in [0.05, 0.1) is 11.8 Å². The number of halogens is 3. The second kappa shape index (κ2) is 9.06. The Morgan fingerprint density at radius 1 is 1.26 bits per heavy atom. The number of aromatic nitrogens is 1. The van der Waals surface area contributed by atoms with E-state index in [-0.39, 0.29) is 41.9 Å². The van der Waals surface area contributed by atoms with Gasteiger partial charge < -0.3 is 14.4 Å². The van der Waals surface area contributed by atoms with Crippen LogP contribution in [0.1, 0.15) is 61.8 Å². The zero-order chi connectivity index (χ0) is 28.7. The van der Waals surface area contributed by atoms with Crippen LogP contribution in [-0.4, -0.2) is 56.7 Å². The summed E-state index contributed by atoms with van der Waals surface area (Å²) >= 11 is 0.352. The number of aliphatic hydroxyl groups is 1. The van der Waals surface area contributed by atoms with Crippen LogP contribution in [0, 0.1) is 42.4 Å². The lowest BCUT2D eigenvalue weighted by Gasteiger charge is -2.63.